The van der Waals surface area contributed by atoms with Gasteiger partial charge in [-0.15, -0.1) is 22.7 Å². The van der Waals surface area contributed by atoms with Crippen molar-refractivity contribution in [3.05, 3.63) is 38.2 Å². The molecule has 2 aromatic rings. The molecule has 0 aliphatic rings. The minimum absolute atomic E-state index is 0.219. The van der Waals surface area contributed by atoms with E-state index < -0.39 is 10.0 Å². The predicted octanol–water partition coefficient (Wildman–Crippen LogP) is 2.87. The molecule has 4 nitrogen and oxygen atoms in total. The van der Waals surface area contributed by atoms with Crippen molar-refractivity contribution in [1.82, 2.24) is 4.72 Å². The molecule has 2 rings (SSSR count). The molecule has 0 saturated carbocycles. The lowest BCUT2D eigenvalue weighted by Gasteiger charge is -2.23. The fourth-order valence-corrected chi connectivity index (χ4v) is 5.78. The van der Waals surface area contributed by atoms with Crippen LogP contribution in [-0.2, 0) is 22.0 Å². The first kappa shape index (κ1) is 16.6. The molecule has 0 amide bonds. The van der Waals surface area contributed by atoms with Gasteiger partial charge in [-0.05, 0) is 29.3 Å². The van der Waals surface area contributed by atoms with Gasteiger partial charge in [0, 0.05) is 16.8 Å². The second kappa shape index (κ2) is 6.18. The molecular formula is C14H19NO3S3. The van der Waals surface area contributed by atoms with E-state index in [1.807, 2.05) is 31.4 Å². The maximum absolute atomic E-state index is 12.5. The third kappa shape index (κ3) is 3.54. The van der Waals surface area contributed by atoms with Crippen LogP contribution >= 0.6 is 22.7 Å². The first-order chi connectivity index (χ1) is 9.78. The molecule has 2 aromatic heterocycles. The number of rotatable bonds is 6. The predicted molar refractivity (Wildman–Crippen MR) is 87.5 cm³/mol. The second-order valence-electron chi connectivity index (χ2n) is 5.51. The fraction of sp³-hybridized carbons (Fsp3) is 0.429. The van der Waals surface area contributed by atoms with Crippen LogP contribution in [0.25, 0.3) is 0 Å². The molecule has 7 heteroatoms. The summed E-state index contributed by atoms with van der Waals surface area (Å²) in [6.07, 6.45) is 0. The van der Waals surface area contributed by atoms with E-state index in [0.29, 0.717) is 17.0 Å². The van der Waals surface area contributed by atoms with Gasteiger partial charge in [-0.25, -0.2) is 13.1 Å². The Morgan fingerprint density at radius 2 is 2.05 bits per heavy atom. The smallest absolute Gasteiger partial charge is 0.242 e. The van der Waals surface area contributed by atoms with Crippen molar-refractivity contribution in [3.63, 3.8) is 0 Å². The molecule has 0 radical (unpaired) electrons. The Morgan fingerprint density at radius 1 is 1.33 bits per heavy atom. The third-order valence-electron chi connectivity index (χ3n) is 3.29. The minimum Gasteiger partial charge on any atom is -0.391 e. The zero-order valence-electron chi connectivity index (χ0n) is 12.2. The number of aliphatic hydroxyl groups excluding tert-OH is 1. The van der Waals surface area contributed by atoms with Crippen LogP contribution in [0, 0.1) is 6.92 Å². The van der Waals surface area contributed by atoms with E-state index in [2.05, 4.69) is 4.72 Å². The normalized spacial score (nSPS) is 12.8. The van der Waals surface area contributed by atoms with Gasteiger partial charge in [-0.3, -0.25) is 0 Å². The van der Waals surface area contributed by atoms with Crippen LogP contribution in [0.1, 0.15) is 29.2 Å². The third-order valence-corrected chi connectivity index (χ3v) is 7.38. The Kier molecular flexibility index (Phi) is 4.89. The standard InChI is InChI=1S/C14H19NO3S3/c1-10-8-20-11(7-16)13(10)21(17,18)15-9-14(2,3)12-5-4-6-19-12/h4-6,8,15-16H,7,9H2,1-3H3. The van der Waals surface area contributed by atoms with Crippen molar-refractivity contribution in [2.45, 2.75) is 37.7 Å². The van der Waals surface area contributed by atoms with Crippen molar-refractivity contribution in [3.8, 4) is 0 Å². The molecule has 2 heterocycles. The van der Waals surface area contributed by atoms with E-state index in [9.17, 15) is 13.5 Å². The maximum Gasteiger partial charge on any atom is 0.242 e. The molecule has 0 unspecified atom stereocenters. The Hall–Kier alpha value is -0.730. The van der Waals surface area contributed by atoms with E-state index >= 15 is 0 Å². The molecule has 0 bridgehead atoms. The van der Waals surface area contributed by atoms with Gasteiger partial charge in [0.2, 0.25) is 10.0 Å². The molecular weight excluding hydrogens is 326 g/mol. The van der Waals surface area contributed by atoms with E-state index in [4.69, 9.17) is 0 Å². The SMILES string of the molecule is Cc1csc(CO)c1S(=O)(=O)NCC(C)(C)c1cccs1. The molecule has 0 fully saturated rings. The average Bonchev–Trinajstić information content (AvgIpc) is 3.06. The van der Waals surface area contributed by atoms with E-state index in [0.717, 1.165) is 4.88 Å². The summed E-state index contributed by atoms with van der Waals surface area (Å²) >= 11 is 2.88. The summed E-state index contributed by atoms with van der Waals surface area (Å²) in [6, 6.07) is 3.97. The zero-order valence-corrected chi connectivity index (χ0v) is 14.7. The highest BCUT2D eigenvalue weighted by molar-refractivity contribution is 7.89. The van der Waals surface area contributed by atoms with E-state index in [1.54, 1.807) is 23.6 Å². The van der Waals surface area contributed by atoms with Crippen LogP contribution in [-0.4, -0.2) is 20.1 Å². The zero-order chi connectivity index (χ0) is 15.7. The fourth-order valence-electron chi connectivity index (χ4n) is 2.06. The largest absolute Gasteiger partial charge is 0.391 e. The highest BCUT2D eigenvalue weighted by Crippen LogP contribution is 2.29. The van der Waals surface area contributed by atoms with Crippen LogP contribution in [0.5, 0.6) is 0 Å². The van der Waals surface area contributed by atoms with E-state index in [1.165, 1.54) is 11.3 Å². The summed E-state index contributed by atoms with van der Waals surface area (Å²) in [4.78, 5) is 1.83. The van der Waals surface area contributed by atoms with Crippen LogP contribution in [0.4, 0.5) is 0 Å². The highest BCUT2D eigenvalue weighted by Gasteiger charge is 2.27. The average molecular weight is 346 g/mol. The monoisotopic (exact) mass is 345 g/mol. The molecule has 0 atom stereocenters. The Morgan fingerprint density at radius 3 is 2.62 bits per heavy atom. The van der Waals surface area contributed by atoms with Crippen LogP contribution in [0.15, 0.2) is 27.8 Å². The lowest BCUT2D eigenvalue weighted by Crippen LogP contribution is -2.36. The van der Waals surface area contributed by atoms with Crippen molar-refractivity contribution < 1.29 is 13.5 Å². The molecule has 0 aliphatic carbocycles. The lowest BCUT2D eigenvalue weighted by molar-refractivity contribution is 0.282. The van der Waals surface area contributed by atoms with Crippen molar-refractivity contribution in [1.29, 1.82) is 0 Å². The Balaban J connectivity index is 2.21. The summed E-state index contributed by atoms with van der Waals surface area (Å²) < 4.78 is 27.7. The van der Waals surface area contributed by atoms with Gasteiger partial charge in [0.05, 0.1) is 11.5 Å². The number of hydrogen-bond donors (Lipinski definition) is 2. The van der Waals surface area contributed by atoms with Gasteiger partial charge in [0.25, 0.3) is 0 Å². The first-order valence-corrected chi connectivity index (χ1v) is 9.73. The highest BCUT2D eigenvalue weighted by atomic mass is 32.2. The number of nitrogens with one attached hydrogen (secondary N) is 1. The van der Waals surface area contributed by atoms with Gasteiger partial charge in [-0.1, -0.05) is 19.9 Å². The summed E-state index contributed by atoms with van der Waals surface area (Å²) in [7, 11) is -3.61. The van der Waals surface area contributed by atoms with Gasteiger partial charge < -0.3 is 5.11 Å². The van der Waals surface area contributed by atoms with E-state index in [-0.39, 0.29) is 16.9 Å². The first-order valence-electron chi connectivity index (χ1n) is 6.49. The molecule has 0 aliphatic heterocycles. The van der Waals surface area contributed by atoms with Gasteiger partial charge in [0.15, 0.2) is 0 Å². The van der Waals surface area contributed by atoms with Crippen LogP contribution < -0.4 is 4.72 Å². The number of sulfonamides is 1. The molecule has 2 N–H and O–H groups in total. The molecule has 0 spiro atoms. The molecule has 0 aromatic carbocycles. The molecule has 21 heavy (non-hydrogen) atoms. The number of hydrogen-bond acceptors (Lipinski definition) is 5. The van der Waals surface area contributed by atoms with Crippen molar-refractivity contribution >= 4 is 32.7 Å². The number of aliphatic hydroxyl groups is 1. The molecule has 116 valence electrons. The van der Waals surface area contributed by atoms with Gasteiger partial charge in [0.1, 0.15) is 4.90 Å². The topological polar surface area (TPSA) is 66.4 Å². The summed E-state index contributed by atoms with van der Waals surface area (Å²) in [5.74, 6) is 0. The summed E-state index contributed by atoms with van der Waals surface area (Å²) in [6.45, 7) is 5.82. The summed E-state index contributed by atoms with van der Waals surface area (Å²) in [5.41, 5.74) is 0.398. The van der Waals surface area contributed by atoms with Crippen molar-refractivity contribution in [2.24, 2.45) is 0 Å². The van der Waals surface area contributed by atoms with Crippen LogP contribution in [0.3, 0.4) is 0 Å². The van der Waals surface area contributed by atoms with Gasteiger partial charge >= 0.3 is 0 Å². The quantitative estimate of drug-likeness (QED) is 0.846. The maximum atomic E-state index is 12.5. The number of thiophene rings is 2. The lowest BCUT2D eigenvalue weighted by atomic mass is 9.92. The van der Waals surface area contributed by atoms with Crippen molar-refractivity contribution in [2.75, 3.05) is 6.54 Å². The minimum atomic E-state index is -3.61. The summed E-state index contributed by atoms with van der Waals surface area (Å²) in [5, 5.41) is 13.0. The second-order valence-corrected chi connectivity index (χ2v) is 9.13. The van der Waals surface area contributed by atoms with Crippen LogP contribution in [0.2, 0.25) is 0 Å². The van der Waals surface area contributed by atoms with Gasteiger partial charge in [-0.2, -0.15) is 0 Å². The Bertz CT molecular complexity index is 700. The molecule has 0 saturated heterocycles. The number of aryl methyl sites for hydroxylation is 1. The Labute approximate surface area is 133 Å².